The smallest absolute Gasteiger partial charge is 0.306 e. The maximum Gasteiger partial charge on any atom is 0.306 e. The van der Waals surface area contributed by atoms with Gasteiger partial charge in [0.1, 0.15) is 12.2 Å². The van der Waals surface area contributed by atoms with Crippen molar-refractivity contribution in [1.82, 2.24) is 4.90 Å². The van der Waals surface area contributed by atoms with Crippen LogP contribution < -0.4 is 0 Å². The fraction of sp³-hybridized carbons (Fsp3) is 0.481. The van der Waals surface area contributed by atoms with E-state index in [1.54, 1.807) is 69.3 Å². The molecule has 202 valence electrons. The van der Waals surface area contributed by atoms with Gasteiger partial charge in [-0.05, 0) is 62.1 Å². The molecule has 2 aromatic carbocycles. The van der Waals surface area contributed by atoms with Gasteiger partial charge in [0.2, 0.25) is 0 Å². The average molecular weight is 571 g/mol. The number of carboxylic acid groups (broad SMARTS) is 1. The fourth-order valence-electron chi connectivity index (χ4n) is 4.43. The molecule has 4 atom stereocenters. The van der Waals surface area contributed by atoms with Gasteiger partial charge in [0.15, 0.2) is 9.84 Å². The van der Waals surface area contributed by atoms with Crippen molar-refractivity contribution < 1.29 is 27.9 Å². The van der Waals surface area contributed by atoms with E-state index in [2.05, 4.69) is 0 Å². The first kappa shape index (κ1) is 29.4. The van der Waals surface area contributed by atoms with E-state index < -0.39 is 57.2 Å². The molecule has 2 aromatic rings. The quantitative estimate of drug-likeness (QED) is 0.436. The third kappa shape index (κ3) is 6.66. The number of halogens is 2. The van der Waals surface area contributed by atoms with E-state index >= 15 is 0 Å². The van der Waals surface area contributed by atoms with Crippen molar-refractivity contribution in [3.05, 3.63) is 69.7 Å². The van der Waals surface area contributed by atoms with Crippen LogP contribution in [0.1, 0.15) is 64.3 Å². The average Bonchev–Trinajstić information content (AvgIpc) is 2.78. The Morgan fingerprint density at radius 3 is 2.19 bits per heavy atom. The molecule has 0 saturated carbocycles. The third-order valence-corrected chi connectivity index (χ3v) is 9.76. The van der Waals surface area contributed by atoms with E-state index in [0.717, 1.165) is 0 Å². The van der Waals surface area contributed by atoms with Crippen molar-refractivity contribution in [2.75, 3.05) is 5.75 Å². The zero-order chi connectivity index (χ0) is 27.7. The Balaban J connectivity index is 2.26. The topological polar surface area (TPSA) is 101 Å². The Hall–Kier alpha value is -2.13. The minimum absolute atomic E-state index is 0.264. The number of hydrogen-bond donors (Lipinski definition) is 1. The summed E-state index contributed by atoms with van der Waals surface area (Å²) >= 11 is 12.4. The summed E-state index contributed by atoms with van der Waals surface area (Å²) in [5, 5.41) is 10.5. The molecule has 0 spiro atoms. The molecule has 1 amide bonds. The summed E-state index contributed by atoms with van der Waals surface area (Å²) in [4.78, 5) is 27.1. The molecule has 1 saturated heterocycles. The van der Waals surface area contributed by atoms with Gasteiger partial charge in [-0.25, -0.2) is 8.42 Å². The minimum Gasteiger partial charge on any atom is -0.481 e. The van der Waals surface area contributed by atoms with Crippen LogP contribution in [0.2, 0.25) is 10.0 Å². The second kappa shape index (κ2) is 11.3. The van der Waals surface area contributed by atoms with Crippen molar-refractivity contribution in [3.8, 4) is 0 Å². The molecule has 0 aliphatic carbocycles. The first-order valence-electron chi connectivity index (χ1n) is 12.0. The van der Waals surface area contributed by atoms with Crippen LogP contribution in [0.15, 0.2) is 48.5 Å². The molecule has 1 aliphatic heterocycles. The lowest BCUT2D eigenvalue weighted by Crippen LogP contribution is -2.58. The van der Waals surface area contributed by atoms with Crippen LogP contribution in [0, 0.1) is 5.92 Å². The summed E-state index contributed by atoms with van der Waals surface area (Å²) in [5.41, 5.74) is 1.32. The second-order valence-electron chi connectivity index (χ2n) is 10.6. The van der Waals surface area contributed by atoms with Crippen LogP contribution in [-0.2, 0) is 24.2 Å². The van der Waals surface area contributed by atoms with E-state index in [9.17, 15) is 23.1 Å². The lowest BCUT2D eigenvalue weighted by molar-refractivity contribution is -0.184. The number of aliphatic carboxylic acids is 1. The zero-order valence-electron chi connectivity index (χ0n) is 21.5. The number of nitrogens with zero attached hydrogens (tertiary/aromatic N) is 1. The number of sulfone groups is 1. The Kier molecular flexibility index (Phi) is 9.00. The first-order chi connectivity index (χ1) is 17.1. The van der Waals surface area contributed by atoms with E-state index in [0.29, 0.717) is 21.2 Å². The van der Waals surface area contributed by atoms with Crippen molar-refractivity contribution >= 4 is 44.9 Å². The SMILES string of the molecule is CC(C)[C@@H](CS(=O)(=O)C(C)(C)C)N1C(=O)[C@@H](CC(=O)O)O[C@H](c2cccc(Cl)c2)C1c1ccc(Cl)cc1. The lowest BCUT2D eigenvalue weighted by atomic mass is 9.88. The van der Waals surface area contributed by atoms with Crippen LogP contribution in [-0.4, -0.2) is 52.9 Å². The number of rotatable bonds is 8. The van der Waals surface area contributed by atoms with Crippen molar-refractivity contribution in [2.45, 2.75) is 70.1 Å². The highest BCUT2D eigenvalue weighted by Crippen LogP contribution is 2.45. The molecule has 1 aliphatic rings. The van der Waals surface area contributed by atoms with Gasteiger partial charge in [0.05, 0.1) is 23.0 Å². The van der Waals surface area contributed by atoms with Gasteiger partial charge < -0.3 is 14.7 Å². The molecule has 7 nitrogen and oxygen atoms in total. The molecular weight excluding hydrogens is 537 g/mol. The maximum atomic E-state index is 13.9. The number of morpholine rings is 1. The Labute approximate surface area is 228 Å². The highest BCUT2D eigenvalue weighted by Gasteiger charge is 2.49. The molecule has 1 fully saturated rings. The molecule has 10 heteroatoms. The summed E-state index contributed by atoms with van der Waals surface area (Å²) < 4.78 is 31.9. The molecule has 1 heterocycles. The highest BCUT2D eigenvalue weighted by molar-refractivity contribution is 7.92. The minimum atomic E-state index is -3.65. The monoisotopic (exact) mass is 569 g/mol. The van der Waals surface area contributed by atoms with Crippen molar-refractivity contribution in [2.24, 2.45) is 5.92 Å². The van der Waals surface area contributed by atoms with Crippen LogP contribution in [0.25, 0.3) is 0 Å². The van der Waals surface area contributed by atoms with Crippen LogP contribution >= 0.6 is 23.2 Å². The lowest BCUT2D eigenvalue weighted by Gasteiger charge is -2.49. The predicted octanol–water partition coefficient (Wildman–Crippen LogP) is 5.72. The fourth-order valence-corrected chi connectivity index (χ4v) is 6.25. The summed E-state index contributed by atoms with van der Waals surface area (Å²) in [6.07, 6.45) is -2.67. The van der Waals surface area contributed by atoms with Gasteiger partial charge in [-0.2, -0.15) is 0 Å². The van der Waals surface area contributed by atoms with Gasteiger partial charge in [-0.1, -0.05) is 61.3 Å². The molecular formula is C27H33Cl2NO6S. The normalized spacial score (nSPS) is 21.8. The summed E-state index contributed by atoms with van der Waals surface area (Å²) in [5.74, 6) is -2.31. The van der Waals surface area contributed by atoms with E-state index in [1.165, 1.54) is 4.90 Å². The summed E-state index contributed by atoms with van der Waals surface area (Å²) in [6, 6.07) is 12.4. The van der Waals surface area contributed by atoms with E-state index in [-0.39, 0.29) is 11.7 Å². The van der Waals surface area contributed by atoms with E-state index in [1.807, 2.05) is 13.8 Å². The Bertz CT molecular complexity index is 1240. The molecule has 37 heavy (non-hydrogen) atoms. The van der Waals surface area contributed by atoms with Gasteiger partial charge in [0.25, 0.3) is 5.91 Å². The highest BCUT2D eigenvalue weighted by atomic mass is 35.5. The van der Waals surface area contributed by atoms with Gasteiger partial charge in [-0.3, -0.25) is 9.59 Å². The number of carbonyl (C=O) groups excluding carboxylic acids is 1. The standard InChI is InChI=1S/C27H33Cl2NO6S/c1-16(2)21(15-37(34,35)27(3,4)5)30-24(17-9-11-19(28)12-10-17)25(18-7-6-8-20(29)13-18)36-22(26(30)33)14-23(31)32/h6-13,16,21-22,24-25H,14-15H2,1-5H3,(H,31,32)/t21-,22-,24?,25-/m1/s1. The molecule has 3 rings (SSSR count). The molecule has 0 aromatic heterocycles. The maximum absolute atomic E-state index is 13.9. The number of amides is 1. The van der Waals surface area contributed by atoms with Crippen LogP contribution in [0.3, 0.4) is 0 Å². The number of hydrogen-bond acceptors (Lipinski definition) is 5. The third-order valence-electron chi connectivity index (χ3n) is 6.63. The summed E-state index contributed by atoms with van der Waals surface area (Å²) in [7, 11) is -3.65. The van der Waals surface area contributed by atoms with Crippen molar-refractivity contribution in [1.29, 1.82) is 0 Å². The summed E-state index contributed by atoms with van der Waals surface area (Å²) in [6.45, 7) is 8.58. The molecule has 0 radical (unpaired) electrons. The number of benzene rings is 2. The number of carbonyl (C=O) groups is 2. The Morgan fingerprint density at radius 1 is 1.05 bits per heavy atom. The number of ether oxygens (including phenoxy) is 1. The largest absolute Gasteiger partial charge is 0.481 e. The van der Waals surface area contributed by atoms with Gasteiger partial charge in [-0.15, -0.1) is 0 Å². The molecule has 0 bridgehead atoms. The second-order valence-corrected chi connectivity index (χ2v) is 14.3. The van der Waals surface area contributed by atoms with Crippen LogP contribution in [0.4, 0.5) is 0 Å². The molecule has 1 N–H and O–H groups in total. The van der Waals surface area contributed by atoms with Gasteiger partial charge in [0, 0.05) is 16.1 Å². The molecule has 1 unspecified atom stereocenters. The van der Waals surface area contributed by atoms with Crippen LogP contribution in [0.5, 0.6) is 0 Å². The Morgan fingerprint density at radius 2 is 1.68 bits per heavy atom. The number of carboxylic acids is 1. The van der Waals surface area contributed by atoms with Gasteiger partial charge >= 0.3 is 5.97 Å². The van der Waals surface area contributed by atoms with Crippen molar-refractivity contribution in [3.63, 3.8) is 0 Å². The predicted molar refractivity (Wildman–Crippen MR) is 145 cm³/mol. The van der Waals surface area contributed by atoms with E-state index in [4.69, 9.17) is 27.9 Å². The zero-order valence-corrected chi connectivity index (χ0v) is 23.8. The first-order valence-corrected chi connectivity index (χ1v) is 14.5.